The number of nitro groups is 1. The molecule has 0 bridgehead atoms. The number of aromatic nitrogens is 1. The second-order valence-corrected chi connectivity index (χ2v) is 11.4. The fourth-order valence-electron chi connectivity index (χ4n) is 5.22. The Balaban J connectivity index is 1.26. The van der Waals surface area contributed by atoms with Crippen molar-refractivity contribution in [3.8, 4) is 10.6 Å². The summed E-state index contributed by atoms with van der Waals surface area (Å²) in [6, 6.07) is 27.0. The van der Waals surface area contributed by atoms with Crippen molar-refractivity contribution < 1.29 is 19.3 Å². The van der Waals surface area contributed by atoms with Crippen LogP contribution in [0.3, 0.4) is 0 Å². The van der Waals surface area contributed by atoms with E-state index in [0.717, 1.165) is 36.8 Å². The molecule has 0 N–H and O–H groups in total. The van der Waals surface area contributed by atoms with E-state index in [-0.39, 0.29) is 24.2 Å². The van der Waals surface area contributed by atoms with Gasteiger partial charge in [0.25, 0.3) is 17.5 Å². The minimum Gasteiger partial charge on any atom is -0.326 e. The zero-order valence-electron chi connectivity index (χ0n) is 23.2. The van der Waals surface area contributed by atoms with Crippen molar-refractivity contribution in [1.29, 1.82) is 0 Å². The maximum atomic E-state index is 13.8. The molecule has 1 aromatic heterocycles. The number of hydrogen-bond donors (Lipinski definition) is 0. The molecule has 2 heterocycles. The van der Waals surface area contributed by atoms with Gasteiger partial charge < -0.3 is 4.90 Å². The maximum absolute atomic E-state index is 13.8. The van der Waals surface area contributed by atoms with E-state index in [2.05, 4.69) is 6.07 Å². The van der Waals surface area contributed by atoms with Crippen molar-refractivity contribution in [3.05, 3.63) is 124 Å². The van der Waals surface area contributed by atoms with E-state index < -0.39 is 28.7 Å². The molecule has 1 aliphatic rings. The Hall–Kier alpha value is -5.22. The number of carbonyl (C=O) groups excluding carboxylic acids is 3. The lowest BCUT2D eigenvalue weighted by Crippen LogP contribution is -2.46. The van der Waals surface area contributed by atoms with E-state index in [1.54, 1.807) is 23.5 Å². The van der Waals surface area contributed by atoms with Gasteiger partial charge >= 0.3 is 0 Å². The lowest BCUT2D eigenvalue weighted by Gasteiger charge is -2.28. The van der Waals surface area contributed by atoms with E-state index in [0.29, 0.717) is 12.1 Å². The van der Waals surface area contributed by atoms with E-state index in [9.17, 15) is 24.5 Å². The van der Waals surface area contributed by atoms with Crippen molar-refractivity contribution in [2.45, 2.75) is 25.8 Å². The van der Waals surface area contributed by atoms with Crippen molar-refractivity contribution in [2.24, 2.45) is 0 Å². The van der Waals surface area contributed by atoms with Crippen molar-refractivity contribution in [1.82, 2.24) is 9.88 Å². The second-order valence-electron chi connectivity index (χ2n) is 10.4. The third kappa shape index (κ3) is 5.64. The van der Waals surface area contributed by atoms with Gasteiger partial charge in [0.15, 0.2) is 0 Å². The van der Waals surface area contributed by atoms with Crippen LogP contribution in [0.1, 0.15) is 27.9 Å². The summed E-state index contributed by atoms with van der Waals surface area (Å²) in [6.07, 6.45) is 0.305. The molecule has 0 spiro atoms. The molecule has 1 fully saturated rings. The molecule has 0 aliphatic carbocycles. The highest BCUT2D eigenvalue weighted by Gasteiger charge is 2.44. The van der Waals surface area contributed by atoms with E-state index in [1.165, 1.54) is 29.2 Å². The smallest absolute Gasteiger partial charge is 0.269 e. The fraction of sp³-hybridized carbons (Fsp3) is 0.152. The van der Waals surface area contributed by atoms with Gasteiger partial charge in [0.1, 0.15) is 11.0 Å². The molecule has 43 heavy (non-hydrogen) atoms. The Morgan fingerprint density at radius 1 is 1.00 bits per heavy atom. The average molecular weight is 591 g/mol. The summed E-state index contributed by atoms with van der Waals surface area (Å²) in [5.74, 6) is -1.36. The minimum absolute atomic E-state index is 0.143. The summed E-state index contributed by atoms with van der Waals surface area (Å²) in [5.41, 5.74) is 4.39. The number of fused-ring (bicyclic) bond motifs is 1. The number of imide groups is 1. The molecule has 1 unspecified atom stereocenters. The number of carbonyl (C=O) groups is 3. The van der Waals surface area contributed by atoms with Crippen LogP contribution in [-0.4, -0.2) is 45.1 Å². The molecule has 9 nitrogen and oxygen atoms in total. The van der Waals surface area contributed by atoms with Gasteiger partial charge in [0.05, 0.1) is 27.2 Å². The first-order valence-electron chi connectivity index (χ1n) is 13.7. The highest BCUT2D eigenvalue weighted by Crippen LogP contribution is 2.33. The van der Waals surface area contributed by atoms with Crippen LogP contribution in [0.15, 0.2) is 97.1 Å². The van der Waals surface area contributed by atoms with Crippen LogP contribution in [0, 0.1) is 17.0 Å². The first-order chi connectivity index (χ1) is 20.8. The highest BCUT2D eigenvalue weighted by atomic mass is 32.1. The molecular formula is C33H26N4O5S. The van der Waals surface area contributed by atoms with Gasteiger partial charge in [-0.05, 0) is 73.0 Å². The Morgan fingerprint density at radius 3 is 2.42 bits per heavy atom. The minimum atomic E-state index is -1.01. The average Bonchev–Trinajstić information content (AvgIpc) is 3.57. The van der Waals surface area contributed by atoms with Gasteiger partial charge in [0, 0.05) is 29.8 Å². The molecule has 6 rings (SSSR count). The topological polar surface area (TPSA) is 114 Å². The molecule has 4 aromatic carbocycles. The predicted octanol–water partition coefficient (Wildman–Crippen LogP) is 6.20. The number of aryl methyl sites for hydroxylation is 1. The van der Waals surface area contributed by atoms with Crippen LogP contribution < -0.4 is 4.90 Å². The second kappa shape index (κ2) is 11.6. The standard InChI is InChI=1S/C33H26N4O5S/c1-21-7-16-27-29(19-21)43-31(34-27)23-8-12-25(13-9-23)36-30(38)20-28(33(36)40)35(18-17-22-5-3-2-4-6-22)32(39)24-10-14-26(15-11-24)37(41)42/h2-16,19,28H,17-18,20H2,1H3. The molecule has 0 radical (unpaired) electrons. The Bertz CT molecular complexity index is 1850. The van der Waals surface area contributed by atoms with Crippen LogP contribution in [0.25, 0.3) is 20.8 Å². The number of anilines is 1. The first kappa shape index (κ1) is 27.9. The van der Waals surface area contributed by atoms with Crippen molar-refractivity contribution in [2.75, 3.05) is 11.4 Å². The molecule has 0 saturated carbocycles. The zero-order chi connectivity index (χ0) is 30.1. The summed E-state index contributed by atoms with van der Waals surface area (Å²) >= 11 is 1.58. The number of non-ortho nitro benzene ring substituents is 1. The summed E-state index contributed by atoms with van der Waals surface area (Å²) in [5, 5.41) is 11.9. The van der Waals surface area contributed by atoms with E-state index >= 15 is 0 Å². The van der Waals surface area contributed by atoms with Crippen molar-refractivity contribution >= 4 is 50.6 Å². The summed E-state index contributed by atoms with van der Waals surface area (Å²) < 4.78 is 1.08. The summed E-state index contributed by atoms with van der Waals surface area (Å²) in [7, 11) is 0. The molecule has 10 heteroatoms. The fourth-order valence-corrected chi connectivity index (χ4v) is 6.29. The normalized spacial score (nSPS) is 14.8. The van der Waals surface area contributed by atoms with Gasteiger partial charge in [-0.15, -0.1) is 11.3 Å². The molecular weight excluding hydrogens is 564 g/mol. The number of thiazole rings is 1. The lowest BCUT2D eigenvalue weighted by atomic mass is 10.1. The molecule has 214 valence electrons. The molecule has 5 aromatic rings. The van der Waals surface area contributed by atoms with Crippen molar-refractivity contribution in [3.63, 3.8) is 0 Å². The van der Waals surface area contributed by atoms with E-state index in [4.69, 9.17) is 4.98 Å². The number of benzene rings is 4. The summed E-state index contributed by atoms with van der Waals surface area (Å²) in [6.45, 7) is 2.22. The van der Waals surface area contributed by atoms with Crippen LogP contribution in [-0.2, 0) is 16.0 Å². The quantitative estimate of drug-likeness (QED) is 0.121. The third-order valence-corrected chi connectivity index (χ3v) is 8.55. The van der Waals surface area contributed by atoms with Gasteiger partial charge in [-0.25, -0.2) is 9.88 Å². The Kier molecular flexibility index (Phi) is 7.52. The molecule has 1 aliphatic heterocycles. The molecule has 1 saturated heterocycles. The third-order valence-electron chi connectivity index (χ3n) is 7.49. The molecule has 3 amide bonds. The van der Waals surface area contributed by atoms with E-state index in [1.807, 2.05) is 61.5 Å². The lowest BCUT2D eigenvalue weighted by molar-refractivity contribution is -0.384. The van der Waals surface area contributed by atoms with Crippen LogP contribution >= 0.6 is 11.3 Å². The van der Waals surface area contributed by atoms with Crippen LogP contribution in [0.2, 0.25) is 0 Å². The van der Waals surface area contributed by atoms with Gasteiger partial charge in [-0.1, -0.05) is 36.4 Å². The maximum Gasteiger partial charge on any atom is 0.269 e. The van der Waals surface area contributed by atoms with Gasteiger partial charge in [-0.2, -0.15) is 0 Å². The number of rotatable bonds is 8. The first-order valence-corrected chi connectivity index (χ1v) is 14.5. The zero-order valence-corrected chi connectivity index (χ0v) is 24.0. The largest absolute Gasteiger partial charge is 0.326 e. The predicted molar refractivity (Wildman–Crippen MR) is 165 cm³/mol. The Labute approximate surface area is 251 Å². The number of hydrogen-bond acceptors (Lipinski definition) is 7. The van der Waals surface area contributed by atoms with Gasteiger partial charge in [0.2, 0.25) is 5.91 Å². The monoisotopic (exact) mass is 590 g/mol. The van der Waals surface area contributed by atoms with Crippen LogP contribution in [0.4, 0.5) is 11.4 Å². The Morgan fingerprint density at radius 2 is 1.72 bits per heavy atom. The summed E-state index contributed by atoms with van der Waals surface area (Å²) in [4.78, 5) is 58.5. The van der Waals surface area contributed by atoms with Gasteiger partial charge in [-0.3, -0.25) is 24.5 Å². The highest BCUT2D eigenvalue weighted by molar-refractivity contribution is 7.21. The number of amides is 3. The SMILES string of the molecule is Cc1ccc2nc(-c3ccc(N4C(=O)CC(N(CCc5ccccc5)C(=O)c5ccc([N+](=O)[O-])cc5)C4=O)cc3)sc2c1. The molecule has 1 atom stereocenters. The number of nitro benzene ring substituents is 1. The van der Waals surface area contributed by atoms with Crippen LogP contribution in [0.5, 0.6) is 0 Å². The number of nitrogens with zero attached hydrogens (tertiary/aromatic N) is 4.